The number of nitrogens with zero attached hydrogens (tertiary/aromatic N) is 2. The monoisotopic (exact) mass is 543 g/mol. The summed E-state index contributed by atoms with van der Waals surface area (Å²) >= 11 is 0. The minimum atomic E-state index is -2.67. The zero-order valence-electron chi connectivity index (χ0n) is 21.9. The Morgan fingerprint density at radius 3 is 2.64 bits per heavy atom. The fourth-order valence-corrected chi connectivity index (χ4v) is 5.07. The van der Waals surface area contributed by atoms with Crippen LogP contribution in [0.2, 0.25) is 0 Å². The highest BCUT2D eigenvalue weighted by Gasteiger charge is 2.33. The molecule has 208 valence electrons. The van der Waals surface area contributed by atoms with Crippen molar-refractivity contribution in [2.24, 2.45) is 5.92 Å². The van der Waals surface area contributed by atoms with Crippen LogP contribution in [-0.4, -0.2) is 51.6 Å². The SMILES string of the molecule is CCC(=O)N[C@@H]1CC[C@H](NC(=O)c2c(C)[nH]c3c(-c4cc(C(F)F)ccc4OCC4CC4)ncnc23)C[C@H]1F. The number of aromatic amines is 1. The number of nitrogens with one attached hydrogen (secondary N) is 3. The molecule has 0 unspecified atom stereocenters. The average molecular weight is 544 g/mol. The van der Waals surface area contributed by atoms with Crippen LogP contribution in [0.25, 0.3) is 22.3 Å². The van der Waals surface area contributed by atoms with Crippen molar-refractivity contribution in [2.75, 3.05) is 6.61 Å². The van der Waals surface area contributed by atoms with Crippen molar-refractivity contribution in [3.8, 4) is 17.0 Å². The molecule has 0 bridgehead atoms. The van der Waals surface area contributed by atoms with Gasteiger partial charge in [0, 0.05) is 35.7 Å². The zero-order valence-corrected chi connectivity index (χ0v) is 21.9. The summed E-state index contributed by atoms with van der Waals surface area (Å²) in [6.45, 7) is 3.92. The number of alkyl halides is 3. The van der Waals surface area contributed by atoms with E-state index in [2.05, 4.69) is 25.6 Å². The van der Waals surface area contributed by atoms with Crippen molar-refractivity contribution in [3.05, 3.63) is 41.3 Å². The molecule has 0 radical (unpaired) electrons. The lowest BCUT2D eigenvalue weighted by Crippen LogP contribution is -2.49. The van der Waals surface area contributed by atoms with E-state index in [1.54, 1.807) is 13.8 Å². The van der Waals surface area contributed by atoms with Gasteiger partial charge in [-0.25, -0.2) is 23.1 Å². The van der Waals surface area contributed by atoms with Crippen LogP contribution in [0.15, 0.2) is 24.5 Å². The highest BCUT2D eigenvalue weighted by Crippen LogP contribution is 2.38. The predicted octanol–water partition coefficient (Wildman–Crippen LogP) is 5.17. The maximum Gasteiger partial charge on any atom is 0.263 e. The van der Waals surface area contributed by atoms with Gasteiger partial charge >= 0.3 is 0 Å². The molecule has 8 nitrogen and oxygen atoms in total. The van der Waals surface area contributed by atoms with Gasteiger partial charge in [0.15, 0.2) is 0 Å². The third-order valence-corrected chi connectivity index (χ3v) is 7.46. The first-order valence-electron chi connectivity index (χ1n) is 13.4. The number of carbonyl (C=O) groups is 2. The minimum Gasteiger partial charge on any atom is -0.493 e. The Kier molecular flexibility index (Phi) is 7.76. The smallest absolute Gasteiger partial charge is 0.263 e. The standard InChI is InChI=1S/C28H32F3N5O3/c1-3-22(37)36-20-8-7-17(11-19(20)29)35-28(38)23-14(2)34-26-24(32-13-33-25(23)26)18-10-16(27(30)31)6-9-21(18)39-12-15-4-5-15/h6,9-10,13,15,17,19-20,27,34H,3-5,7-8,11-12H2,1-2H3,(H,35,38)(H,36,37)/t17-,19+,20+/m0/s1. The number of hydrogen-bond acceptors (Lipinski definition) is 5. The van der Waals surface area contributed by atoms with Crippen LogP contribution in [0.3, 0.4) is 0 Å². The summed E-state index contributed by atoms with van der Waals surface area (Å²) in [4.78, 5) is 36.9. The van der Waals surface area contributed by atoms with Gasteiger partial charge in [0.25, 0.3) is 12.3 Å². The molecule has 0 spiro atoms. The van der Waals surface area contributed by atoms with E-state index in [-0.39, 0.29) is 29.9 Å². The topological polar surface area (TPSA) is 109 Å². The Morgan fingerprint density at radius 1 is 1.15 bits per heavy atom. The summed E-state index contributed by atoms with van der Waals surface area (Å²) in [5, 5.41) is 5.61. The molecule has 1 aromatic carbocycles. The molecule has 2 aromatic heterocycles. The van der Waals surface area contributed by atoms with E-state index in [0.29, 0.717) is 59.1 Å². The maximum atomic E-state index is 14.7. The lowest BCUT2D eigenvalue weighted by molar-refractivity contribution is -0.122. The lowest BCUT2D eigenvalue weighted by atomic mass is 9.89. The second-order valence-electron chi connectivity index (χ2n) is 10.4. The normalized spacial score (nSPS) is 21.2. The molecule has 5 rings (SSSR count). The van der Waals surface area contributed by atoms with Gasteiger partial charge in [-0.15, -0.1) is 0 Å². The highest BCUT2D eigenvalue weighted by atomic mass is 19.3. The molecular weight excluding hydrogens is 511 g/mol. The Bertz CT molecular complexity index is 1370. The van der Waals surface area contributed by atoms with E-state index >= 15 is 0 Å². The molecule has 2 amide bonds. The van der Waals surface area contributed by atoms with Gasteiger partial charge < -0.3 is 20.4 Å². The van der Waals surface area contributed by atoms with Gasteiger partial charge in [-0.05, 0) is 56.7 Å². The third-order valence-electron chi connectivity index (χ3n) is 7.46. The predicted molar refractivity (Wildman–Crippen MR) is 139 cm³/mol. The Balaban J connectivity index is 1.41. The van der Waals surface area contributed by atoms with Gasteiger partial charge in [-0.2, -0.15) is 0 Å². The van der Waals surface area contributed by atoms with Crippen molar-refractivity contribution in [1.29, 1.82) is 0 Å². The number of halogens is 3. The van der Waals surface area contributed by atoms with E-state index in [4.69, 9.17) is 4.74 Å². The fourth-order valence-electron chi connectivity index (χ4n) is 5.07. The van der Waals surface area contributed by atoms with Crippen molar-refractivity contribution < 1.29 is 27.5 Å². The first kappa shape index (κ1) is 27.0. The number of ether oxygens (including phenoxy) is 1. The van der Waals surface area contributed by atoms with Crippen molar-refractivity contribution in [3.63, 3.8) is 0 Å². The molecule has 11 heteroatoms. The summed E-state index contributed by atoms with van der Waals surface area (Å²) in [7, 11) is 0. The largest absolute Gasteiger partial charge is 0.493 e. The molecule has 3 atom stereocenters. The zero-order chi connectivity index (χ0) is 27.7. The Morgan fingerprint density at radius 2 is 1.95 bits per heavy atom. The van der Waals surface area contributed by atoms with Crippen LogP contribution in [0.5, 0.6) is 5.75 Å². The molecule has 2 saturated carbocycles. The molecule has 2 aliphatic rings. The summed E-state index contributed by atoms with van der Waals surface area (Å²) < 4.78 is 47.9. The van der Waals surface area contributed by atoms with Crippen LogP contribution in [0.1, 0.15) is 73.5 Å². The quantitative estimate of drug-likeness (QED) is 0.345. The number of rotatable bonds is 9. The molecule has 2 fully saturated rings. The summed E-state index contributed by atoms with van der Waals surface area (Å²) in [5.74, 6) is 0.284. The van der Waals surface area contributed by atoms with Crippen LogP contribution in [0.4, 0.5) is 13.2 Å². The molecule has 0 saturated heterocycles. The number of benzene rings is 1. The van der Waals surface area contributed by atoms with E-state index in [1.807, 2.05) is 0 Å². The number of aryl methyl sites for hydroxylation is 1. The molecule has 0 aliphatic heterocycles. The maximum absolute atomic E-state index is 14.7. The van der Waals surface area contributed by atoms with Crippen LogP contribution in [0, 0.1) is 12.8 Å². The van der Waals surface area contributed by atoms with E-state index in [9.17, 15) is 22.8 Å². The van der Waals surface area contributed by atoms with Crippen LogP contribution >= 0.6 is 0 Å². The Hall–Kier alpha value is -3.63. The Labute approximate surface area is 224 Å². The summed E-state index contributed by atoms with van der Waals surface area (Å²) in [5.41, 5.74) is 2.16. The highest BCUT2D eigenvalue weighted by molar-refractivity contribution is 6.09. The van der Waals surface area contributed by atoms with Gasteiger partial charge in [0.05, 0.1) is 23.7 Å². The van der Waals surface area contributed by atoms with Crippen LogP contribution in [-0.2, 0) is 4.79 Å². The van der Waals surface area contributed by atoms with Gasteiger partial charge in [0.2, 0.25) is 5.91 Å². The molecule has 3 aromatic rings. The number of fused-ring (bicyclic) bond motifs is 1. The number of H-pyrrole nitrogens is 1. The van der Waals surface area contributed by atoms with Gasteiger partial charge in [0.1, 0.15) is 29.5 Å². The van der Waals surface area contributed by atoms with Crippen LogP contribution < -0.4 is 15.4 Å². The fraction of sp³-hybridized carbons (Fsp3) is 0.500. The first-order valence-corrected chi connectivity index (χ1v) is 13.4. The van der Waals surface area contributed by atoms with E-state index in [1.165, 1.54) is 24.5 Å². The number of aromatic nitrogens is 3. The number of amides is 2. The summed E-state index contributed by atoms with van der Waals surface area (Å²) in [6.07, 6.45) is 0.816. The molecule has 2 aliphatic carbocycles. The lowest BCUT2D eigenvalue weighted by Gasteiger charge is -2.32. The summed E-state index contributed by atoms with van der Waals surface area (Å²) in [6, 6.07) is 3.27. The second kappa shape index (κ2) is 11.2. The average Bonchev–Trinajstić information content (AvgIpc) is 3.68. The number of hydrogen-bond donors (Lipinski definition) is 3. The third kappa shape index (κ3) is 5.86. The molecule has 3 N–H and O–H groups in total. The van der Waals surface area contributed by atoms with Crippen molar-refractivity contribution in [1.82, 2.24) is 25.6 Å². The van der Waals surface area contributed by atoms with Gasteiger partial charge in [-0.3, -0.25) is 9.59 Å². The molecular formula is C28H32F3N5O3. The van der Waals surface area contributed by atoms with E-state index < -0.39 is 30.6 Å². The second-order valence-corrected chi connectivity index (χ2v) is 10.4. The molecule has 2 heterocycles. The minimum absolute atomic E-state index is 0.0875. The number of carbonyl (C=O) groups excluding carboxylic acids is 2. The molecule has 39 heavy (non-hydrogen) atoms. The van der Waals surface area contributed by atoms with Crippen molar-refractivity contribution >= 4 is 22.8 Å². The van der Waals surface area contributed by atoms with Gasteiger partial charge in [-0.1, -0.05) is 6.92 Å². The van der Waals surface area contributed by atoms with E-state index in [0.717, 1.165) is 12.8 Å². The van der Waals surface area contributed by atoms with Crippen molar-refractivity contribution in [2.45, 2.75) is 77.1 Å². The first-order chi connectivity index (χ1) is 18.7.